The molecule has 132 valence electrons. The number of esters is 1. The third-order valence-corrected chi connectivity index (χ3v) is 3.39. The summed E-state index contributed by atoms with van der Waals surface area (Å²) in [6.07, 6.45) is 3.11. The first-order valence-corrected chi connectivity index (χ1v) is 7.90. The van der Waals surface area contributed by atoms with Gasteiger partial charge in [-0.3, -0.25) is 9.59 Å². The van der Waals surface area contributed by atoms with Crippen molar-refractivity contribution in [1.82, 2.24) is 4.90 Å². The van der Waals surface area contributed by atoms with Crippen LogP contribution in [0.25, 0.3) is 6.08 Å². The van der Waals surface area contributed by atoms with Crippen LogP contribution in [-0.4, -0.2) is 55.3 Å². The van der Waals surface area contributed by atoms with E-state index in [9.17, 15) is 9.59 Å². The highest BCUT2D eigenvalue weighted by Crippen LogP contribution is 2.13. The minimum absolute atomic E-state index is 0.161. The Morgan fingerprint density at radius 2 is 1.96 bits per heavy atom. The number of methoxy groups -OCH3 is 1. The van der Waals surface area contributed by atoms with Gasteiger partial charge in [-0.05, 0) is 30.7 Å². The van der Waals surface area contributed by atoms with Gasteiger partial charge in [0.25, 0.3) is 0 Å². The molecule has 1 aromatic rings. The maximum absolute atomic E-state index is 12.3. The molecule has 24 heavy (non-hydrogen) atoms. The number of aliphatic hydroxyl groups excluding tert-OH is 1. The van der Waals surface area contributed by atoms with Crippen LogP contribution in [0.5, 0.6) is 5.75 Å². The van der Waals surface area contributed by atoms with Crippen LogP contribution in [0, 0.1) is 5.92 Å². The number of carbonyl (C=O) groups excluding carboxylic acids is 2. The van der Waals surface area contributed by atoms with Gasteiger partial charge in [-0.15, -0.1) is 0 Å². The van der Waals surface area contributed by atoms with Crippen LogP contribution in [0.3, 0.4) is 0 Å². The number of amides is 1. The highest BCUT2D eigenvalue weighted by molar-refractivity contribution is 5.92. The fourth-order valence-electron chi connectivity index (χ4n) is 2.13. The maximum atomic E-state index is 12.3. The van der Waals surface area contributed by atoms with Crippen molar-refractivity contribution in [1.29, 1.82) is 0 Å². The monoisotopic (exact) mass is 335 g/mol. The van der Waals surface area contributed by atoms with Crippen LogP contribution < -0.4 is 4.74 Å². The molecular formula is C18H25NO5. The molecule has 1 unspecified atom stereocenters. The van der Waals surface area contributed by atoms with E-state index in [-0.39, 0.29) is 31.6 Å². The summed E-state index contributed by atoms with van der Waals surface area (Å²) in [6.45, 7) is 4.38. The second-order valence-corrected chi connectivity index (χ2v) is 5.27. The van der Waals surface area contributed by atoms with Gasteiger partial charge in [0.2, 0.25) is 5.91 Å². The second kappa shape index (κ2) is 10.4. The lowest BCUT2D eigenvalue weighted by Gasteiger charge is -2.22. The highest BCUT2D eigenvalue weighted by Gasteiger charge is 2.19. The van der Waals surface area contributed by atoms with E-state index in [0.29, 0.717) is 6.61 Å². The molecule has 0 aliphatic heterocycles. The summed E-state index contributed by atoms with van der Waals surface area (Å²) in [4.78, 5) is 25.2. The third-order valence-electron chi connectivity index (χ3n) is 3.39. The number of aliphatic hydroxyl groups is 1. The zero-order valence-corrected chi connectivity index (χ0v) is 14.4. The fraction of sp³-hybridized carbons (Fsp3) is 0.444. The number of nitrogens with zero attached hydrogens (tertiary/aromatic N) is 1. The van der Waals surface area contributed by atoms with Crippen molar-refractivity contribution < 1.29 is 24.2 Å². The second-order valence-electron chi connectivity index (χ2n) is 5.27. The quantitative estimate of drug-likeness (QED) is 0.549. The summed E-state index contributed by atoms with van der Waals surface area (Å²) in [7, 11) is 1.31. The summed E-state index contributed by atoms with van der Waals surface area (Å²) in [5, 5.41) is 9.11. The Bertz CT molecular complexity index is 553. The van der Waals surface area contributed by atoms with Crippen LogP contribution in [0.4, 0.5) is 0 Å². The summed E-state index contributed by atoms with van der Waals surface area (Å²) in [6, 6.07) is 7.36. The molecule has 1 N–H and O–H groups in total. The van der Waals surface area contributed by atoms with E-state index < -0.39 is 5.92 Å². The lowest BCUT2D eigenvalue weighted by Crippen LogP contribution is -2.38. The van der Waals surface area contributed by atoms with Gasteiger partial charge in [-0.25, -0.2) is 0 Å². The van der Waals surface area contributed by atoms with Crippen LogP contribution in [0.15, 0.2) is 30.3 Å². The summed E-state index contributed by atoms with van der Waals surface area (Å²) < 4.78 is 10.0. The van der Waals surface area contributed by atoms with Crippen molar-refractivity contribution in [3.63, 3.8) is 0 Å². The zero-order chi connectivity index (χ0) is 17.9. The molecular weight excluding hydrogens is 310 g/mol. The van der Waals surface area contributed by atoms with Crippen LogP contribution in [0.2, 0.25) is 0 Å². The number of benzene rings is 1. The van der Waals surface area contributed by atoms with Crippen LogP contribution >= 0.6 is 0 Å². The van der Waals surface area contributed by atoms with Gasteiger partial charge < -0.3 is 19.5 Å². The Morgan fingerprint density at radius 1 is 1.29 bits per heavy atom. The molecule has 1 rings (SSSR count). The highest BCUT2D eigenvalue weighted by atomic mass is 16.5. The van der Waals surface area contributed by atoms with E-state index in [1.54, 1.807) is 13.0 Å². The third kappa shape index (κ3) is 6.42. The van der Waals surface area contributed by atoms with Gasteiger partial charge in [0.05, 0.1) is 26.2 Å². The Kier molecular flexibility index (Phi) is 8.57. The molecule has 1 atom stereocenters. The number of hydrogen-bond acceptors (Lipinski definition) is 5. The van der Waals surface area contributed by atoms with Crippen molar-refractivity contribution >= 4 is 18.0 Å². The van der Waals surface area contributed by atoms with Crippen molar-refractivity contribution in [2.24, 2.45) is 5.92 Å². The predicted octanol–water partition coefficient (Wildman–Crippen LogP) is 1.73. The molecule has 6 nitrogen and oxygen atoms in total. The average molecular weight is 335 g/mol. The van der Waals surface area contributed by atoms with Gasteiger partial charge in [0.15, 0.2) is 0 Å². The minimum Gasteiger partial charge on any atom is -0.494 e. The van der Waals surface area contributed by atoms with Crippen LogP contribution in [0.1, 0.15) is 19.4 Å². The molecule has 1 aromatic carbocycles. The summed E-state index contributed by atoms with van der Waals surface area (Å²) >= 11 is 0. The first-order chi connectivity index (χ1) is 11.5. The lowest BCUT2D eigenvalue weighted by atomic mass is 10.1. The number of carbonyl (C=O) groups is 2. The number of hydrogen-bond donors (Lipinski definition) is 1. The van der Waals surface area contributed by atoms with Gasteiger partial charge in [-0.2, -0.15) is 0 Å². The molecule has 0 saturated carbocycles. The normalized spacial score (nSPS) is 12.0. The first kappa shape index (κ1) is 19.7. The van der Waals surface area contributed by atoms with E-state index in [2.05, 4.69) is 4.74 Å². The molecule has 1 amide bonds. The summed E-state index contributed by atoms with van der Waals surface area (Å²) in [5.74, 6) is -0.339. The van der Waals surface area contributed by atoms with Crippen molar-refractivity contribution in [3.8, 4) is 5.75 Å². The predicted molar refractivity (Wildman–Crippen MR) is 91.5 cm³/mol. The Hall–Kier alpha value is -2.34. The first-order valence-electron chi connectivity index (χ1n) is 7.90. The molecule has 0 aromatic heterocycles. The van der Waals surface area contributed by atoms with Crippen molar-refractivity contribution in [3.05, 3.63) is 35.9 Å². The standard InChI is InChI=1S/C18H25NO5/c1-4-24-16-8-5-15(6-9-16)7-10-17(21)19(11-12-20)13-14(2)18(22)23-3/h5-10,14,20H,4,11-13H2,1-3H3/b10-7+. The molecule has 0 saturated heterocycles. The van der Waals surface area contributed by atoms with Crippen LogP contribution in [-0.2, 0) is 14.3 Å². The number of rotatable bonds is 9. The van der Waals surface area contributed by atoms with E-state index in [1.165, 1.54) is 18.1 Å². The zero-order valence-electron chi connectivity index (χ0n) is 14.4. The van der Waals surface area contributed by atoms with Crippen molar-refractivity contribution in [2.75, 3.05) is 33.4 Å². The Labute approximate surface area is 142 Å². The van der Waals surface area contributed by atoms with E-state index in [0.717, 1.165) is 11.3 Å². The molecule has 0 fully saturated rings. The van der Waals surface area contributed by atoms with E-state index >= 15 is 0 Å². The molecule has 0 aliphatic rings. The Morgan fingerprint density at radius 3 is 2.50 bits per heavy atom. The molecule has 0 radical (unpaired) electrons. The van der Waals surface area contributed by atoms with Gasteiger partial charge in [0, 0.05) is 19.2 Å². The Balaban J connectivity index is 2.71. The lowest BCUT2D eigenvalue weighted by molar-refractivity contribution is -0.146. The summed E-state index contributed by atoms with van der Waals surface area (Å²) in [5.41, 5.74) is 0.858. The molecule has 0 heterocycles. The minimum atomic E-state index is -0.454. The molecule has 0 aliphatic carbocycles. The molecule has 6 heteroatoms. The SMILES string of the molecule is CCOc1ccc(/C=C/C(=O)N(CCO)CC(C)C(=O)OC)cc1. The largest absolute Gasteiger partial charge is 0.494 e. The topological polar surface area (TPSA) is 76.1 Å². The molecule has 0 bridgehead atoms. The number of ether oxygens (including phenoxy) is 2. The van der Waals surface area contributed by atoms with E-state index in [4.69, 9.17) is 9.84 Å². The fourth-order valence-corrected chi connectivity index (χ4v) is 2.13. The maximum Gasteiger partial charge on any atom is 0.310 e. The van der Waals surface area contributed by atoms with E-state index in [1.807, 2.05) is 31.2 Å². The van der Waals surface area contributed by atoms with Crippen molar-refractivity contribution in [2.45, 2.75) is 13.8 Å². The smallest absolute Gasteiger partial charge is 0.310 e. The van der Waals surface area contributed by atoms with Gasteiger partial charge >= 0.3 is 5.97 Å². The van der Waals surface area contributed by atoms with Gasteiger partial charge in [-0.1, -0.05) is 19.1 Å². The average Bonchev–Trinajstić information content (AvgIpc) is 2.59. The molecule has 0 spiro atoms. The van der Waals surface area contributed by atoms with Gasteiger partial charge in [0.1, 0.15) is 5.75 Å².